The van der Waals surface area contributed by atoms with Crippen molar-refractivity contribution in [3.05, 3.63) is 58.0 Å². The zero-order valence-electron chi connectivity index (χ0n) is 18.0. The summed E-state index contributed by atoms with van der Waals surface area (Å²) in [5.41, 5.74) is 2.74. The molecule has 0 bridgehead atoms. The average molecular weight is 486 g/mol. The van der Waals surface area contributed by atoms with E-state index in [2.05, 4.69) is 21.7 Å². The predicted molar refractivity (Wildman–Crippen MR) is 130 cm³/mol. The average Bonchev–Trinajstić information content (AvgIpc) is 2.80. The number of benzene rings is 2. The largest absolute Gasteiger partial charge is 0.385 e. The number of amides is 1. The number of carbonyl (C=O) groups excluding carboxylic acids is 1. The van der Waals surface area contributed by atoms with E-state index < -0.39 is 5.82 Å². The Bertz CT molecular complexity index is 1250. The van der Waals surface area contributed by atoms with Gasteiger partial charge in [0.05, 0.1) is 26.8 Å². The van der Waals surface area contributed by atoms with Crippen molar-refractivity contribution in [2.24, 2.45) is 5.92 Å². The minimum Gasteiger partial charge on any atom is -0.385 e. The first-order valence-electron chi connectivity index (χ1n) is 10.6. The van der Waals surface area contributed by atoms with Gasteiger partial charge in [0.2, 0.25) is 5.91 Å². The zero-order valence-corrected chi connectivity index (χ0v) is 19.5. The predicted octanol–water partition coefficient (Wildman–Crippen LogP) is 5.97. The van der Waals surface area contributed by atoms with Crippen LogP contribution in [-0.2, 0) is 4.79 Å². The molecular formula is C24H22Cl2FN5O. The number of piperidine rings is 1. The van der Waals surface area contributed by atoms with E-state index in [0.29, 0.717) is 38.8 Å². The zero-order chi connectivity index (χ0) is 23.5. The summed E-state index contributed by atoms with van der Waals surface area (Å²) in [6, 6.07) is 10.1. The van der Waals surface area contributed by atoms with Gasteiger partial charge in [-0.1, -0.05) is 23.2 Å². The number of likely N-dealkylation sites (tertiary alicyclic amines) is 1. The molecule has 0 spiro atoms. The van der Waals surface area contributed by atoms with Crippen LogP contribution in [0.3, 0.4) is 0 Å². The number of pyridine rings is 1. The highest BCUT2D eigenvalue weighted by Gasteiger charge is 2.21. The van der Waals surface area contributed by atoms with Gasteiger partial charge < -0.3 is 15.5 Å². The molecule has 0 radical (unpaired) electrons. The van der Waals surface area contributed by atoms with Crippen molar-refractivity contribution in [2.75, 3.05) is 30.3 Å². The summed E-state index contributed by atoms with van der Waals surface area (Å²) >= 11 is 12.4. The molecule has 2 N–H and O–H groups in total. The molecule has 4 rings (SSSR count). The Morgan fingerprint density at radius 2 is 1.94 bits per heavy atom. The van der Waals surface area contributed by atoms with Gasteiger partial charge in [-0.25, -0.2) is 4.39 Å². The fourth-order valence-corrected chi connectivity index (χ4v) is 4.46. The van der Waals surface area contributed by atoms with Crippen molar-refractivity contribution in [3.63, 3.8) is 0 Å². The van der Waals surface area contributed by atoms with E-state index in [4.69, 9.17) is 23.2 Å². The smallest absolute Gasteiger partial charge is 0.219 e. The molecule has 0 aliphatic carbocycles. The number of rotatable bonds is 5. The number of fused-ring (bicyclic) bond motifs is 1. The summed E-state index contributed by atoms with van der Waals surface area (Å²) in [5.74, 6) is 0.0366. The Morgan fingerprint density at radius 3 is 2.61 bits per heavy atom. The van der Waals surface area contributed by atoms with Gasteiger partial charge in [-0.3, -0.25) is 9.78 Å². The quantitative estimate of drug-likeness (QED) is 0.465. The summed E-state index contributed by atoms with van der Waals surface area (Å²) in [5, 5.41) is 17.3. The van der Waals surface area contributed by atoms with E-state index in [0.717, 1.165) is 38.2 Å². The number of anilines is 3. The van der Waals surface area contributed by atoms with Crippen molar-refractivity contribution in [3.8, 4) is 6.07 Å². The fourth-order valence-electron chi connectivity index (χ4n) is 4.01. The number of nitriles is 1. The second-order valence-corrected chi connectivity index (χ2v) is 8.91. The maximum atomic E-state index is 13.6. The molecule has 1 saturated heterocycles. The first kappa shape index (κ1) is 23.1. The van der Waals surface area contributed by atoms with Gasteiger partial charge in [0.1, 0.15) is 11.9 Å². The lowest BCUT2D eigenvalue weighted by atomic mass is 9.96. The van der Waals surface area contributed by atoms with E-state index in [1.807, 2.05) is 17.0 Å². The van der Waals surface area contributed by atoms with Gasteiger partial charge >= 0.3 is 0 Å². The third-order valence-electron chi connectivity index (χ3n) is 5.89. The monoisotopic (exact) mass is 485 g/mol. The molecule has 1 amide bonds. The molecule has 33 heavy (non-hydrogen) atoms. The molecule has 1 aliphatic heterocycles. The van der Waals surface area contributed by atoms with Crippen molar-refractivity contribution in [2.45, 2.75) is 19.8 Å². The minimum absolute atomic E-state index is 0.0203. The van der Waals surface area contributed by atoms with Crippen molar-refractivity contribution in [1.29, 1.82) is 5.26 Å². The first-order valence-corrected chi connectivity index (χ1v) is 11.3. The first-order chi connectivity index (χ1) is 15.9. The summed E-state index contributed by atoms with van der Waals surface area (Å²) in [6.07, 6.45) is 3.33. The number of nitrogens with zero attached hydrogens (tertiary/aromatic N) is 3. The van der Waals surface area contributed by atoms with Crippen molar-refractivity contribution < 1.29 is 9.18 Å². The van der Waals surface area contributed by atoms with Crippen LogP contribution >= 0.6 is 23.2 Å². The number of hydrogen-bond donors (Lipinski definition) is 2. The number of hydrogen-bond acceptors (Lipinski definition) is 5. The summed E-state index contributed by atoms with van der Waals surface area (Å²) < 4.78 is 13.6. The summed E-state index contributed by atoms with van der Waals surface area (Å²) in [6.45, 7) is 3.88. The van der Waals surface area contributed by atoms with Crippen LogP contribution in [0.2, 0.25) is 10.0 Å². The van der Waals surface area contributed by atoms with Crippen molar-refractivity contribution >= 4 is 57.1 Å². The van der Waals surface area contributed by atoms with Gasteiger partial charge in [0.15, 0.2) is 0 Å². The fraction of sp³-hybridized carbons (Fsp3) is 0.292. The standard InChI is InChI=1S/C24H22Cl2FN5O/c1-14(33)32-6-4-15(5-7-32)12-29-18-8-19-23(31-17-2-3-22(27)20(25)9-17)16(11-28)13-30-24(19)21(26)10-18/h2-3,8-10,13,15,29H,4-7,12H2,1H3,(H,30,31). The number of nitrogens with one attached hydrogen (secondary N) is 2. The number of aromatic nitrogens is 1. The van der Waals surface area contributed by atoms with Gasteiger partial charge in [-0.2, -0.15) is 5.26 Å². The van der Waals surface area contributed by atoms with Gasteiger partial charge in [0.25, 0.3) is 0 Å². The summed E-state index contributed by atoms with van der Waals surface area (Å²) in [7, 11) is 0. The molecule has 170 valence electrons. The molecule has 3 aromatic rings. The van der Waals surface area contributed by atoms with Gasteiger partial charge in [-0.15, -0.1) is 0 Å². The topological polar surface area (TPSA) is 81.1 Å². The van der Waals surface area contributed by atoms with E-state index in [1.54, 1.807) is 13.0 Å². The van der Waals surface area contributed by atoms with Crippen LogP contribution in [-0.4, -0.2) is 35.4 Å². The number of halogens is 3. The second kappa shape index (κ2) is 9.82. The maximum absolute atomic E-state index is 13.6. The van der Waals surface area contributed by atoms with E-state index in [9.17, 15) is 14.4 Å². The lowest BCUT2D eigenvalue weighted by molar-refractivity contribution is -0.130. The molecule has 1 aromatic heterocycles. The maximum Gasteiger partial charge on any atom is 0.219 e. The second-order valence-electron chi connectivity index (χ2n) is 8.10. The highest BCUT2D eigenvalue weighted by Crippen LogP contribution is 2.35. The van der Waals surface area contributed by atoms with Crippen LogP contribution in [0.25, 0.3) is 10.9 Å². The summed E-state index contributed by atoms with van der Waals surface area (Å²) in [4.78, 5) is 17.8. The molecule has 1 fully saturated rings. The molecular weight excluding hydrogens is 464 g/mol. The third kappa shape index (κ3) is 5.13. The third-order valence-corrected chi connectivity index (χ3v) is 6.47. The molecule has 2 heterocycles. The normalized spacial score (nSPS) is 14.2. The van der Waals surface area contributed by atoms with E-state index in [-0.39, 0.29) is 10.9 Å². The Kier molecular flexibility index (Phi) is 6.87. The highest BCUT2D eigenvalue weighted by molar-refractivity contribution is 6.36. The Morgan fingerprint density at radius 1 is 1.21 bits per heavy atom. The lowest BCUT2D eigenvalue weighted by Gasteiger charge is -2.31. The molecule has 0 unspecified atom stereocenters. The number of carbonyl (C=O) groups is 1. The van der Waals surface area contributed by atoms with Crippen LogP contribution in [0, 0.1) is 23.1 Å². The van der Waals surface area contributed by atoms with Crippen LogP contribution in [0.15, 0.2) is 36.5 Å². The highest BCUT2D eigenvalue weighted by atomic mass is 35.5. The van der Waals surface area contributed by atoms with Crippen LogP contribution in [0.5, 0.6) is 0 Å². The Hall–Kier alpha value is -3.08. The Balaban J connectivity index is 1.61. The molecule has 6 nitrogen and oxygen atoms in total. The lowest BCUT2D eigenvalue weighted by Crippen LogP contribution is -2.38. The van der Waals surface area contributed by atoms with Crippen molar-refractivity contribution in [1.82, 2.24) is 9.88 Å². The SMILES string of the molecule is CC(=O)N1CCC(CNc2cc(Cl)c3ncc(C#N)c(Nc4ccc(F)c(Cl)c4)c3c2)CC1. The van der Waals surface area contributed by atoms with E-state index in [1.165, 1.54) is 18.3 Å². The molecule has 0 saturated carbocycles. The van der Waals surface area contributed by atoms with Crippen LogP contribution in [0.4, 0.5) is 21.5 Å². The molecule has 2 aromatic carbocycles. The van der Waals surface area contributed by atoms with Gasteiger partial charge in [0, 0.05) is 49.5 Å². The van der Waals surface area contributed by atoms with Crippen LogP contribution < -0.4 is 10.6 Å². The van der Waals surface area contributed by atoms with E-state index >= 15 is 0 Å². The molecule has 9 heteroatoms. The molecule has 0 atom stereocenters. The Labute approximate surface area is 201 Å². The molecule has 1 aliphatic rings. The van der Waals surface area contributed by atoms with Crippen LogP contribution in [0.1, 0.15) is 25.3 Å². The van der Waals surface area contributed by atoms with Gasteiger partial charge in [-0.05, 0) is 49.1 Å². The minimum atomic E-state index is -0.522.